The summed E-state index contributed by atoms with van der Waals surface area (Å²) in [6.07, 6.45) is 3.35. The summed E-state index contributed by atoms with van der Waals surface area (Å²) in [6.45, 7) is 6.02. The van der Waals surface area contributed by atoms with Crippen LogP contribution in [0.15, 0.2) is 6.33 Å². The fraction of sp³-hybridized carbons (Fsp3) is 0.667. The number of aromatic nitrogens is 2. The normalized spacial score (nSPS) is 16.1. The number of nitrogens with one attached hydrogen (secondary N) is 2. The Kier molecular flexibility index (Phi) is 4.98. The molecule has 1 aromatic rings. The Morgan fingerprint density at radius 3 is 2.48 bits per heavy atom. The van der Waals surface area contributed by atoms with E-state index >= 15 is 0 Å². The van der Waals surface area contributed by atoms with Gasteiger partial charge < -0.3 is 15.5 Å². The van der Waals surface area contributed by atoms with Crippen molar-refractivity contribution in [1.82, 2.24) is 15.3 Å². The Labute approximate surface area is 126 Å². The molecule has 21 heavy (non-hydrogen) atoms. The summed E-state index contributed by atoms with van der Waals surface area (Å²) in [7, 11) is 3.59. The standard InChI is InChI=1S/C15H25N5O/c1-10(2)12-13(16-3)18-9-19-14(12)20-7-5-11(6-8-20)15(21)17-4/h9-11H,5-8H2,1-4H3,(H,17,21)(H,16,18,19). The minimum Gasteiger partial charge on any atom is -0.373 e. The van der Waals surface area contributed by atoms with Crippen molar-refractivity contribution >= 4 is 17.5 Å². The third kappa shape index (κ3) is 3.25. The molecule has 0 bridgehead atoms. The zero-order valence-electron chi connectivity index (χ0n) is 13.3. The minimum absolute atomic E-state index is 0.124. The quantitative estimate of drug-likeness (QED) is 0.882. The van der Waals surface area contributed by atoms with Crippen LogP contribution in [0.1, 0.15) is 38.2 Å². The molecule has 1 fully saturated rings. The maximum atomic E-state index is 11.7. The van der Waals surface area contributed by atoms with E-state index in [4.69, 9.17) is 0 Å². The second-order valence-corrected chi connectivity index (χ2v) is 5.74. The average molecular weight is 291 g/mol. The van der Waals surface area contributed by atoms with Gasteiger partial charge in [0.1, 0.15) is 18.0 Å². The average Bonchev–Trinajstić information content (AvgIpc) is 2.53. The second kappa shape index (κ2) is 6.74. The fourth-order valence-corrected chi connectivity index (χ4v) is 2.93. The monoisotopic (exact) mass is 291 g/mol. The van der Waals surface area contributed by atoms with E-state index in [0.29, 0.717) is 5.92 Å². The smallest absolute Gasteiger partial charge is 0.222 e. The summed E-state index contributed by atoms with van der Waals surface area (Å²) in [4.78, 5) is 22.8. The molecule has 1 amide bonds. The van der Waals surface area contributed by atoms with Gasteiger partial charge in [-0.3, -0.25) is 4.79 Å². The Balaban J connectivity index is 2.19. The number of anilines is 2. The van der Waals surface area contributed by atoms with Crippen LogP contribution >= 0.6 is 0 Å². The van der Waals surface area contributed by atoms with Crippen LogP contribution in [0.4, 0.5) is 11.6 Å². The molecule has 0 aromatic carbocycles. The van der Waals surface area contributed by atoms with Crippen LogP contribution in [0.5, 0.6) is 0 Å². The zero-order chi connectivity index (χ0) is 15.4. The van der Waals surface area contributed by atoms with Gasteiger partial charge in [-0.1, -0.05) is 13.8 Å². The van der Waals surface area contributed by atoms with Gasteiger partial charge in [0.25, 0.3) is 0 Å². The third-order valence-electron chi connectivity index (χ3n) is 4.09. The maximum absolute atomic E-state index is 11.7. The van der Waals surface area contributed by atoms with Crippen LogP contribution in [0, 0.1) is 5.92 Å². The summed E-state index contributed by atoms with van der Waals surface area (Å²) < 4.78 is 0. The van der Waals surface area contributed by atoms with Crippen LogP contribution in [-0.2, 0) is 4.79 Å². The predicted molar refractivity (Wildman–Crippen MR) is 84.7 cm³/mol. The number of hydrogen-bond donors (Lipinski definition) is 2. The molecule has 0 saturated carbocycles. The first kappa shape index (κ1) is 15.5. The van der Waals surface area contributed by atoms with Gasteiger partial charge in [0.2, 0.25) is 5.91 Å². The van der Waals surface area contributed by atoms with Gasteiger partial charge in [0, 0.05) is 38.7 Å². The number of hydrogen-bond acceptors (Lipinski definition) is 5. The van der Waals surface area contributed by atoms with Gasteiger partial charge in [-0.15, -0.1) is 0 Å². The Morgan fingerprint density at radius 2 is 1.95 bits per heavy atom. The van der Waals surface area contributed by atoms with Crippen molar-refractivity contribution in [2.45, 2.75) is 32.6 Å². The van der Waals surface area contributed by atoms with E-state index in [1.54, 1.807) is 13.4 Å². The molecule has 6 heteroatoms. The molecule has 0 spiro atoms. The highest BCUT2D eigenvalue weighted by atomic mass is 16.1. The predicted octanol–water partition coefficient (Wildman–Crippen LogP) is 1.60. The van der Waals surface area contributed by atoms with Crippen molar-refractivity contribution in [3.05, 3.63) is 11.9 Å². The lowest BCUT2D eigenvalue weighted by Gasteiger charge is -2.33. The molecule has 116 valence electrons. The summed E-state index contributed by atoms with van der Waals surface area (Å²) in [5.74, 6) is 2.51. The summed E-state index contributed by atoms with van der Waals surface area (Å²) in [5.41, 5.74) is 1.15. The lowest BCUT2D eigenvalue weighted by atomic mass is 9.95. The molecule has 6 nitrogen and oxygen atoms in total. The van der Waals surface area contributed by atoms with E-state index in [-0.39, 0.29) is 11.8 Å². The molecule has 0 atom stereocenters. The molecule has 0 radical (unpaired) electrons. The number of piperidine rings is 1. The molecule has 1 aliphatic heterocycles. The van der Waals surface area contributed by atoms with Crippen LogP contribution < -0.4 is 15.5 Å². The first-order valence-electron chi connectivity index (χ1n) is 7.57. The van der Waals surface area contributed by atoms with Gasteiger partial charge in [-0.2, -0.15) is 0 Å². The first-order valence-corrected chi connectivity index (χ1v) is 7.57. The van der Waals surface area contributed by atoms with Crippen molar-refractivity contribution < 1.29 is 4.79 Å². The SMILES string of the molecule is CNC(=O)C1CCN(c2ncnc(NC)c2C(C)C)CC1. The first-order chi connectivity index (χ1) is 10.1. The van der Waals surface area contributed by atoms with E-state index in [0.717, 1.165) is 43.1 Å². The minimum atomic E-state index is 0.124. The lowest BCUT2D eigenvalue weighted by Crippen LogP contribution is -2.40. The van der Waals surface area contributed by atoms with Gasteiger partial charge in [-0.05, 0) is 18.8 Å². The van der Waals surface area contributed by atoms with Crippen molar-refractivity contribution in [1.29, 1.82) is 0 Å². The van der Waals surface area contributed by atoms with Gasteiger partial charge >= 0.3 is 0 Å². The number of nitrogens with zero attached hydrogens (tertiary/aromatic N) is 3. The molecule has 1 aromatic heterocycles. The van der Waals surface area contributed by atoms with Crippen molar-refractivity contribution in [2.75, 3.05) is 37.4 Å². The molecule has 1 aliphatic rings. The molecular formula is C15H25N5O. The highest BCUT2D eigenvalue weighted by Gasteiger charge is 2.27. The topological polar surface area (TPSA) is 70.2 Å². The zero-order valence-corrected chi connectivity index (χ0v) is 13.3. The fourth-order valence-electron chi connectivity index (χ4n) is 2.93. The highest BCUT2D eigenvalue weighted by molar-refractivity contribution is 5.78. The van der Waals surface area contributed by atoms with E-state index < -0.39 is 0 Å². The van der Waals surface area contributed by atoms with Crippen LogP contribution in [0.2, 0.25) is 0 Å². The van der Waals surface area contributed by atoms with Crippen LogP contribution in [0.3, 0.4) is 0 Å². The number of carbonyl (C=O) groups is 1. The van der Waals surface area contributed by atoms with E-state index in [1.807, 2.05) is 7.05 Å². The van der Waals surface area contributed by atoms with Crippen LogP contribution in [0.25, 0.3) is 0 Å². The molecular weight excluding hydrogens is 266 g/mol. The Bertz CT molecular complexity index is 495. The number of carbonyl (C=O) groups excluding carboxylic acids is 1. The molecule has 2 rings (SSSR count). The van der Waals surface area contributed by atoms with E-state index in [9.17, 15) is 4.79 Å². The van der Waals surface area contributed by atoms with Gasteiger partial charge in [-0.25, -0.2) is 9.97 Å². The van der Waals surface area contributed by atoms with Crippen molar-refractivity contribution in [3.63, 3.8) is 0 Å². The largest absolute Gasteiger partial charge is 0.373 e. The van der Waals surface area contributed by atoms with E-state index in [2.05, 4.69) is 39.3 Å². The summed E-state index contributed by atoms with van der Waals surface area (Å²) >= 11 is 0. The van der Waals surface area contributed by atoms with Gasteiger partial charge in [0.05, 0.1) is 0 Å². The maximum Gasteiger partial charge on any atom is 0.222 e. The number of amides is 1. The third-order valence-corrected chi connectivity index (χ3v) is 4.09. The molecule has 2 heterocycles. The Morgan fingerprint density at radius 1 is 1.29 bits per heavy atom. The highest BCUT2D eigenvalue weighted by Crippen LogP contribution is 2.32. The molecule has 0 unspecified atom stereocenters. The van der Waals surface area contributed by atoms with Gasteiger partial charge in [0.15, 0.2) is 0 Å². The lowest BCUT2D eigenvalue weighted by molar-refractivity contribution is -0.125. The van der Waals surface area contributed by atoms with E-state index in [1.165, 1.54) is 0 Å². The summed E-state index contributed by atoms with van der Waals surface area (Å²) in [5, 5.41) is 5.89. The second-order valence-electron chi connectivity index (χ2n) is 5.74. The van der Waals surface area contributed by atoms with Crippen molar-refractivity contribution in [2.24, 2.45) is 5.92 Å². The van der Waals surface area contributed by atoms with Crippen molar-refractivity contribution in [3.8, 4) is 0 Å². The van der Waals surface area contributed by atoms with Crippen LogP contribution in [-0.4, -0.2) is 43.1 Å². The molecule has 1 saturated heterocycles. The molecule has 0 aliphatic carbocycles. The Hall–Kier alpha value is -1.85. The molecule has 2 N–H and O–H groups in total. The number of rotatable bonds is 4. The summed E-state index contributed by atoms with van der Waals surface area (Å²) in [6, 6.07) is 0.